The van der Waals surface area contributed by atoms with Gasteiger partial charge in [-0.2, -0.15) is 0 Å². The maximum Gasteiger partial charge on any atom is 0.293 e. The maximum absolute atomic E-state index is 11.0. The number of nitrogens with two attached hydrogens (primary N) is 1. The highest BCUT2D eigenvalue weighted by atomic mass is 16.6. The summed E-state index contributed by atoms with van der Waals surface area (Å²) in [7, 11) is 0. The highest BCUT2D eigenvalue weighted by Crippen LogP contribution is 2.26. The Morgan fingerprint density at radius 2 is 2.25 bits per heavy atom. The number of benzene rings is 1. The standard InChI is InChI=1S/C13H19N3O4/c1-2-9(5-6-17)8-15-11-4-3-10(13(14)18)7-12(11)16(19)20/h3-4,7,9,15,17H,2,5-6,8H2,1H3,(H2,14,18). The maximum atomic E-state index is 11.0. The normalized spacial score (nSPS) is 11.9. The highest BCUT2D eigenvalue weighted by molar-refractivity contribution is 5.94. The number of primary amides is 1. The Balaban J connectivity index is 2.89. The first-order valence-corrected chi connectivity index (χ1v) is 6.42. The van der Waals surface area contributed by atoms with E-state index < -0.39 is 10.8 Å². The van der Waals surface area contributed by atoms with Gasteiger partial charge >= 0.3 is 0 Å². The Kier molecular flexibility index (Phi) is 5.92. The van der Waals surface area contributed by atoms with Crippen molar-refractivity contribution in [3.05, 3.63) is 33.9 Å². The minimum Gasteiger partial charge on any atom is -0.396 e. The molecule has 0 aliphatic rings. The number of nitrogens with one attached hydrogen (secondary N) is 1. The lowest BCUT2D eigenvalue weighted by molar-refractivity contribution is -0.384. The quantitative estimate of drug-likeness (QED) is 0.493. The molecule has 0 saturated carbocycles. The average Bonchev–Trinajstić information content (AvgIpc) is 2.42. The molecule has 0 spiro atoms. The zero-order chi connectivity index (χ0) is 15.1. The van der Waals surface area contributed by atoms with Crippen LogP contribution in [0.3, 0.4) is 0 Å². The van der Waals surface area contributed by atoms with E-state index in [4.69, 9.17) is 10.8 Å². The molecule has 1 aromatic rings. The minimum absolute atomic E-state index is 0.0862. The molecule has 0 aromatic heterocycles. The molecule has 0 aliphatic carbocycles. The van der Waals surface area contributed by atoms with Crippen molar-refractivity contribution in [2.75, 3.05) is 18.5 Å². The van der Waals surface area contributed by atoms with Gasteiger partial charge in [0.15, 0.2) is 0 Å². The number of nitrogens with zero attached hydrogens (tertiary/aromatic N) is 1. The topological polar surface area (TPSA) is 118 Å². The Hall–Kier alpha value is -2.15. The fraction of sp³-hybridized carbons (Fsp3) is 0.462. The second-order valence-corrected chi connectivity index (χ2v) is 4.52. The van der Waals surface area contributed by atoms with Crippen molar-refractivity contribution >= 4 is 17.3 Å². The van der Waals surface area contributed by atoms with Gasteiger partial charge in [-0.15, -0.1) is 0 Å². The molecule has 20 heavy (non-hydrogen) atoms. The van der Waals surface area contributed by atoms with E-state index in [1.165, 1.54) is 12.1 Å². The van der Waals surface area contributed by atoms with Gasteiger partial charge in [-0.1, -0.05) is 13.3 Å². The third kappa shape index (κ3) is 4.20. The first-order chi connectivity index (χ1) is 9.49. The number of hydrogen-bond acceptors (Lipinski definition) is 5. The fourth-order valence-corrected chi connectivity index (χ4v) is 1.87. The SMILES string of the molecule is CCC(CCO)CNc1ccc(C(N)=O)cc1[N+](=O)[O-]. The van der Waals surface area contributed by atoms with Gasteiger partial charge in [0.1, 0.15) is 5.69 Å². The molecule has 7 nitrogen and oxygen atoms in total. The summed E-state index contributed by atoms with van der Waals surface area (Å²) in [5.41, 5.74) is 5.37. The second-order valence-electron chi connectivity index (χ2n) is 4.52. The van der Waals surface area contributed by atoms with Crippen LogP contribution in [0.4, 0.5) is 11.4 Å². The van der Waals surface area contributed by atoms with Gasteiger partial charge < -0.3 is 16.2 Å². The van der Waals surface area contributed by atoms with Crippen molar-refractivity contribution in [1.82, 2.24) is 0 Å². The van der Waals surface area contributed by atoms with Crippen LogP contribution >= 0.6 is 0 Å². The summed E-state index contributed by atoms with van der Waals surface area (Å²) >= 11 is 0. The molecule has 1 amide bonds. The summed E-state index contributed by atoms with van der Waals surface area (Å²) in [5.74, 6) is -0.471. The van der Waals surface area contributed by atoms with Crippen LogP contribution in [0.25, 0.3) is 0 Å². The molecule has 0 fully saturated rings. The molecule has 1 atom stereocenters. The molecule has 0 bridgehead atoms. The number of carbonyl (C=O) groups is 1. The number of nitro benzene ring substituents is 1. The van der Waals surface area contributed by atoms with Gasteiger partial charge in [0.05, 0.1) is 4.92 Å². The van der Waals surface area contributed by atoms with Crippen LogP contribution in [0, 0.1) is 16.0 Å². The average molecular weight is 281 g/mol. The van der Waals surface area contributed by atoms with Gasteiger partial charge in [-0.25, -0.2) is 0 Å². The number of anilines is 1. The number of aliphatic hydroxyl groups is 1. The predicted molar refractivity (Wildman–Crippen MR) is 75.6 cm³/mol. The molecule has 1 unspecified atom stereocenters. The third-order valence-electron chi connectivity index (χ3n) is 3.17. The van der Waals surface area contributed by atoms with Crippen LogP contribution in [0.2, 0.25) is 0 Å². The molecule has 7 heteroatoms. The van der Waals surface area contributed by atoms with E-state index in [0.717, 1.165) is 12.5 Å². The summed E-state index contributed by atoms with van der Waals surface area (Å²) in [6.45, 7) is 2.60. The molecule has 4 N–H and O–H groups in total. The lowest BCUT2D eigenvalue weighted by atomic mass is 10.0. The summed E-state index contributed by atoms with van der Waals surface area (Å²) in [4.78, 5) is 21.5. The smallest absolute Gasteiger partial charge is 0.293 e. The highest BCUT2D eigenvalue weighted by Gasteiger charge is 2.17. The lowest BCUT2D eigenvalue weighted by Crippen LogP contribution is -2.16. The predicted octanol–water partition coefficient (Wildman–Crippen LogP) is 1.51. The van der Waals surface area contributed by atoms with Gasteiger partial charge in [0.2, 0.25) is 5.91 Å². The molecule has 0 radical (unpaired) electrons. The van der Waals surface area contributed by atoms with Gasteiger partial charge in [-0.05, 0) is 24.5 Å². The van der Waals surface area contributed by atoms with Crippen LogP contribution in [0.15, 0.2) is 18.2 Å². The van der Waals surface area contributed by atoms with Crippen LogP contribution in [-0.4, -0.2) is 29.1 Å². The molecule has 1 aromatic carbocycles. The zero-order valence-electron chi connectivity index (χ0n) is 11.3. The zero-order valence-corrected chi connectivity index (χ0v) is 11.3. The van der Waals surface area contributed by atoms with E-state index in [1.807, 2.05) is 6.92 Å². The van der Waals surface area contributed by atoms with Crippen LogP contribution in [-0.2, 0) is 0 Å². The number of carbonyl (C=O) groups excluding carboxylic acids is 1. The Morgan fingerprint density at radius 3 is 2.75 bits per heavy atom. The number of nitro groups is 1. The van der Waals surface area contributed by atoms with Gasteiger partial charge in [0.25, 0.3) is 5.69 Å². The molecular weight excluding hydrogens is 262 g/mol. The van der Waals surface area contributed by atoms with E-state index in [9.17, 15) is 14.9 Å². The molecular formula is C13H19N3O4. The summed E-state index contributed by atoms with van der Waals surface area (Å²) in [6, 6.07) is 4.09. The van der Waals surface area contributed by atoms with Crippen LogP contribution in [0.1, 0.15) is 30.1 Å². The first-order valence-electron chi connectivity index (χ1n) is 6.42. The Labute approximate surface area is 116 Å². The van der Waals surface area contributed by atoms with Crippen molar-refractivity contribution in [3.8, 4) is 0 Å². The third-order valence-corrected chi connectivity index (χ3v) is 3.17. The van der Waals surface area contributed by atoms with Crippen LogP contribution < -0.4 is 11.1 Å². The number of amides is 1. The summed E-state index contributed by atoms with van der Waals surface area (Å²) in [6.07, 6.45) is 1.50. The van der Waals surface area contributed by atoms with E-state index >= 15 is 0 Å². The van der Waals surface area contributed by atoms with Crippen molar-refractivity contribution < 1.29 is 14.8 Å². The van der Waals surface area contributed by atoms with E-state index in [1.54, 1.807) is 0 Å². The monoisotopic (exact) mass is 281 g/mol. The Bertz CT molecular complexity index is 491. The summed E-state index contributed by atoms with van der Waals surface area (Å²) < 4.78 is 0. The van der Waals surface area contributed by atoms with Crippen molar-refractivity contribution in [2.45, 2.75) is 19.8 Å². The molecule has 0 saturated heterocycles. The first kappa shape index (κ1) is 15.9. The Morgan fingerprint density at radius 1 is 1.55 bits per heavy atom. The summed E-state index contributed by atoms with van der Waals surface area (Å²) in [5, 5.41) is 22.9. The number of hydrogen-bond donors (Lipinski definition) is 3. The van der Waals surface area contributed by atoms with Crippen molar-refractivity contribution in [2.24, 2.45) is 11.7 Å². The van der Waals surface area contributed by atoms with Gasteiger partial charge in [0, 0.05) is 24.8 Å². The van der Waals surface area contributed by atoms with Crippen LogP contribution in [0.5, 0.6) is 0 Å². The number of rotatable bonds is 8. The van der Waals surface area contributed by atoms with Crippen molar-refractivity contribution in [3.63, 3.8) is 0 Å². The second kappa shape index (κ2) is 7.44. The fourth-order valence-electron chi connectivity index (χ4n) is 1.87. The van der Waals surface area contributed by atoms with E-state index in [0.29, 0.717) is 18.7 Å². The van der Waals surface area contributed by atoms with Crippen molar-refractivity contribution in [1.29, 1.82) is 0 Å². The largest absolute Gasteiger partial charge is 0.396 e. The van der Waals surface area contributed by atoms with E-state index in [-0.39, 0.29) is 23.8 Å². The molecule has 0 heterocycles. The number of aliphatic hydroxyl groups excluding tert-OH is 1. The molecule has 1 rings (SSSR count). The van der Waals surface area contributed by atoms with Gasteiger partial charge in [-0.3, -0.25) is 14.9 Å². The lowest BCUT2D eigenvalue weighted by Gasteiger charge is -2.15. The van der Waals surface area contributed by atoms with E-state index in [2.05, 4.69) is 5.32 Å². The molecule has 110 valence electrons. The molecule has 0 aliphatic heterocycles. The minimum atomic E-state index is -0.702.